The summed E-state index contributed by atoms with van der Waals surface area (Å²) in [5, 5.41) is 3.25. The molecule has 1 amide bonds. The van der Waals surface area contributed by atoms with Crippen molar-refractivity contribution in [1.29, 1.82) is 0 Å². The van der Waals surface area contributed by atoms with Gasteiger partial charge in [0.15, 0.2) is 0 Å². The van der Waals surface area contributed by atoms with E-state index in [2.05, 4.69) is 38.2 Å². The molecular formula is C18H25NO. The lowest BCUT2D eigenvalue weighted by atomic mass is 9.86. The van der Waals surface area contributed by atoms with Gasteiger partial charge in [0.05, 0.1) is 0 Å². The van der Waals surface area contributed by atoms with Crippen LogP contribution in [0, 0.1) is 11.8 Å². The highest BCUT2D eigenvalue weighted by molar-refractivity contribution is 5.94. The Hall–Kier alpha value is -1.31. The van der Waals surface area contributed by atoms with E-state index in [4.69, 9.17) is 0 Å². The Labute approximate surface area is 122 Å². The van der Waals surface area contributed by atoms with Crippen molar-refractivity contribution in [2.24, 2.45) is 11.8 Å². The lowest BCUT2D eigenvalue weighted by molar-refractivity contribution is 0.0923. The molecule has 0 saturated heterocycles. The summed E-state index contributed by atoms with van der Waals surface area (Å²) in [4.78, 5) is 12.3. The quantitative estimate of drug-likeness (QED) is 0.868. The van der Waals surface area contributed by atoms with E-state index in [1.807, 2.05) is 12.1 Å². The summed E-state index contributed by atoms with van der Waals surface area (Å²) in [6, 6.07) is 8.50. The number of carbonyl (C=O) groups is 1. The molecule has 2 aliphatic rings. The van der Waals surface area contributed by atoms with E-state index in [9.17, 15) is 4.79 Å². The maximum atomic E-state index is 12.3. The molecule has 3 atom stereocenters. The minimum absolute atomic E-state index is 0.100. The van der Waals surface area contributed by atoms with Gasteiger partial charge < -0.3 is 5.32 Å². The Morgan fingerprint density at radius 3 is 2.30 bits per heavy atom. The van der Waals surface area contributed by atoms with Gasteiger partial charge in [0.2, 0.25) is 0 Å². The van der Waals surface area contributed by atoms with Crippen LogP contribution in [0.4, 0.5) is 0 Å². The van der Waals surface area contributed by atoms with Crippen molar-refractivity contribution in [3.8, 4) is 0 Å². The number of benzene rings is 1. The third kappa shape index (κ3) is 2.61. The van der Waals surface area contributed by atoms with Crippen LogP contribution in [0.5, 0.6) is 0 Å². The van der Waals surface area contributed by atoms with Gasteiger partial charge in [-0.3, -0.25) is 4.79 Å². The van der Waals surface area contributed by atoms with Crippen molar-refractivity contribution < 1.29 is 4.79 Å². The molecule has 0 unspecified atom stereocenters. The Balaban J connectivity index is 1.65. The molecule has 3 rings (SSSR count). The smallest absolute Gasteiger partial charge is 0.251 e. The Morgan fingerprint density at radius 1 is 1.10 bits per heavy atom. The second kappa shape index (κ2) is 4.91. The minimum Gasteiger partial charge on any atom is -0.349 e. The fourth-order valence-electron chi connectivity index (χ4n) is 3.79. The third-order valence-corrected chi connectivity index (χ3v) is 5.07. The highest BCUT2D eigenvalue weighted by atomic mass is 16.1. The van der Waals surface area contributed by atoms with E-state index in [0.29, 0.717) is 6.04 Å². The zero-order chi connectivity index (χ0) is 14.3. The highest BCUT2D eigenvalue weighted by Crippen LogP contribution is 2.44. The van der Waals surface area contributed by atoms with Crippen LogP contribution < -0.4 is 5.32 Å². The van der Waals surface area contributed by atoms with Crippen LogP contribution in [0.25, 0.3) is 0 Å². The van der Waals surface area contributed by atoms with Gasteiger partial charge in [-0.05, 0) is 54.2 Å². The van der Waals surface area contributed by atoms with E-state index in [-0.39, 0.29) is 11.3 Å². The molecule has 108 valence electrons. The van der Waals surface area contributed by atoms with Gasteiger partial charge in [0.25, 0.3) is 5.91 Å². The molecule has 1 aromatic rings. The zero-order valence-corrected chi connectivity index (χ0v) is 12.8. The van der Waals surface area contributed by atoms with Crippen molar-refractivity contribution in [2.75, 3.05) is 0 Å². The summed E-state index contributed by atoms with van der Waals surface area (Å²) >= 11 is 0. The largest absolute Gasteiger partial charge is 0.349 e. The number of rotatable bonds is 2. The number of nitrogens with one attached hydrogen (secondary N) is 1. The van der Waals surface area contributed by atoms with Gasteiger partial charge in [-0.2, -0.15) is 0 Å². The number of hydrogen-bond acceptors (Lipinski definition) is 1. The molecule has 2 aliphatic carbocycles. The normalized spacial score (nSPS) is 28.6. The third-order valence-electron chi connectivity index (χ3n) is 5.07. The van der Waals surface area contributed by atoms with E-state index in [1.165, 1.54) is 31.2 Å². The Morgan fingerprint density at radius 2 is 1.80 bits per heavy atom. The van der Waals surface area contributed by atoms with Gasteiger partial charge in [0.1, 0.15) is 0 Å². The molecule has 2 bridgehead atoms. The highest BCUT2D eigenvalue weighted by Gasteiger charge is 2.40. The summed E-state index contributed by atoms with van der Waals surface area (Å²) in [5.74, 6) is 1.70. The molecule has 2 nitrogen and oxygen atoms in total. The van der Waals surface area contributed by atoms with E-state index < -0.39 is 0 Å². The zero-order valence-electron chi connectivity index (χ0n) is 12.8. The second-order valence-corrected chi connectivity index (χ2v) is 7.58. The van der Waals surface area contributed by atoms with E-state index in [1.54, 1.807) is 0 Å². The molecule has 1 N–H and O–H groups in total. The Kier molecular flexibility index (Phi) is 3.35. The number of fused-ring (bicyclic) bond motifs is 2. The summed E-state index contributed by atoms with van der Waals surface area (Å²) in [5.41, 5.74) is 2.20. The van der Waals surface area contributed by atoms with E-state index in [0.717, 1.165) is 17.4 Å². The van der Waals surface area contributed by atoms with Crippen molar-refractivity contribution in [2.45, 2.75) is 57.9 Å². The first-order valence-corrected chi connectivity index (χ1v) is 7.85. The lowest BCUT2D eigenvalue weighted by Gasteiger charge is -2.23. The summed E-state index contributed by atoms with van der Waals surface area (Å²) in [6.45, 7) is 6.58. The first-order chi connectivity index (χ1) is 9.43. The topological polar surface area (TPSA) is 29.1 Å². The first-order valence-electron chi connectivity index (χ1n) is 7.85. The van der Waals surface area contributed by atoms with Crippen molar-refractivity contribution in [3.05, 3.63) is 35.4 Å². The van der Waals surface area contributed by atoms with Crippen LogP contribution >= 0.6 is 0 Å². The minimum atomic E-state index is 0.100. The molecule has 2 saturated carbocycles. The second-order valence-electron chi connectivity index (χ2n) is 7.58. The molecule has 1 aromatic carbocycles. The van der Waals surface area contributed by atoms with Gasteiger partial charge in [-0.1, -0.05) is 39.3 Å². The van der Waals surface area contributed by atoms with Crippen molar-refractivity contribution in [1.82, 2.24) is 5.32 Å². The maximum Gasteiger partial charge on any atom is 0.251 e. The number of amides is 1. The number of carbonyl (C=O) groups excluding carboxylic acids is 1. The molecule has 0 aliphatic heterocycles. The van der Waals surface area contributed by atoms with Crippen molar-refractivity contribution in [3.63, 3.8) is 0 Å². The molecule has 20 heavy (non-hydrogen) atoms. The van der Waals surface area contributed by atoms with Crippen molar-refractivity contribution >= 4 is 5.91 Å². The standard InChI is InChI=1S/C18H25NO/c1-18(2,3)15-8-6-13(7-9-15)17(20)19-16-11-12-4-5-14(16)10-12/h6-9,12,14,16H,4-5,10-11H2,1-3H3,(H,19,20)/t12-,14+,16+/m0/s1. The molecule has 0 heterocycles. The molecule has 2 heteroatoms. The average Bonchev–Trinajstić information content (AvgIpc) is 3.00. The van der Waals surface area contributed by atoms with Crippen LogP contribution in [0.1, 0.15) is 62.4 Å². The monoisotopic (exact) mass is 271 g/mol. The van der Waals surface area contributed by atoms with Crippen LogP contribution in [0.15, 0.2) is 24.3 Å². The van der Waals surface area contributed by atoms with Gasteiger partial charge in [-0.15, -0.1) is 0 Å². The summed E-state index contributed by atoms with van der Waals surface area (Å²) < 4.78 is 0. The molecular weight excluding hydrogens is 246 g/mol. The summed E-state index contributed by atoms with van der Waals surface area (Å²) in [6.07, 6.45) is 5.19. The SMILES string of the molecule is CC(C)(C)c1ccc(C(=O)N[C@@H]2C[C@H]3CC[C@@H]2C3)cc1. The maximum absolute atomic E-state index is 12.3. The van der Waals surface area contributed by atoms with Gasteiger partial charge in [-0.25, -0.2) is 0 Å². The predicted molar refractivity (Wildman–Crippen MR) is 81.8 cm³/mol. The molecule has 0 radical (unpaired) electrons. The molecule has 0 spiro atoms. The molecule has 2 fully saturated rings. The molecule has 0 aromatic heterocycles. The summed E-state index contributed by atoms with van der Waals surface area (Å²) in [7, 11) is 0. The lowest BCUT2D eigenvalue weighted by Crippen LogP contribution is -2.38. The predicted octanol–water partition coefficient (Wildman–Crippen LogP) is 3.90. The van der Waals surface area contributed by atoms with Gasteiger partial charge >= 0.3 is 0 Å². The van der Waals surface area contributed by atoms with E-state index >= 15 is 0 Å². The fourth-order valence-corrected chi connectivity index (χ4v) is 3.79. The van der Waals surface area contributed by atoms with Crippen LogP contribution in [0.3, 0.4) is 0 Å². The van der Waals surface area contributed by atoms with Crippen LogP contribution in [0.2, 0.25) is 0 Å². The van der Waals surface area contributed by atoms with Crippen LogP contribution in [-0.2, 0) is 5.41 Å². The van der Waals surface area contributed by atoms with Crippen LogP contribution in [-0.4, -0.2) is 11.9 Å². The number of hydrogen-bond donors (Lipinski definition) is 1. The Bertz CT molecular complexity index is 497. The fraction of sp³-hybridized carbons (Fsp3) is 0.611. The van der Waals surface area contributed by atoms with Gasteiger partial charge in [0, 0.05) is 11.6 Å². The first kappa shape index (κ1) is 13.7. The average molecular weight is 271 g/mol.